The third-order valence-corrected chi connectivity index (χ3v) is 4.57. The standard InChI is InChI=1S/C23H33NO9/c1-7-8-14(2)30-22(28)31-15(3)12-23(24,21(27)29-6)13-18-9-10-19(32-16(4)25)20(11-18)33-17(5)26/h9-11,14-15H,7-8,12-13,24H2,1-6H3/t14-,15-,23?/m0/s1. The summed E-state index contributed by atoms with van der Waals surface area (Å²) in [4.78, 5) is 47.3. The highest BCUT2D eigenvalue weighted by atomic mass is 16.7. The summed E-state index contributed by atoms with van der Waals surface area (Å²) >= 11 is 0. The van der Waals surface area contributed by atoms with Gasteiger partial charge in [-0.15, -0.1) is 0 Å². The Hall–Kier alpha value is -3.14. The van der Waals surface area contributed by atoms with Crippen LogP contribution in [0, 0.1) is 0 Å². The Morgan fingerprint density at radius 1 is 0.970 bits per heavy atom. The van der Waals surface area contributed by atoms with E-state index in [2.05, 4.69) is 0 Å². The second-order valence-corrected chi connectivity index (χ2v) is 7.89. The van der Waals surface area contributed by atoms with Crippen molar-refractivity contribution in [3.05, 3.63) is 23.8 Å². The van der Waals surface area contributed by atoms with E-state index in [1.807, 2.05) is 6.92 Å². The summed E-state index contributed by atoms with van der Waals surface area (Å²) in [5.74, 6) is -1.89. The molecule has 2 N–H and O–H groups in total. The summed E-state index contributed by atoms with van der Waals surface area (Å²) in [6.07, 6.45) is -0.463. The van der Waals surface area contributed by atoms with Gasteiger partial charge in [-0.1, -0.05) is 19.4 Å². The lowest BCUT2D eigenvalue weighted by Crippen LogP contribution is -2.53. The van der Waals surface area contributed by atoms with Crippen molar-refractivity contribution in [1.29, 1.82) is 0 Å². The molecule has 0 aliphatic carbocycles. The first-order valence-corrected chi connectivity index (χ1v) is 10.6. The SMILES string of the molecule is CCC[C@H](C)OC(=O)O[C@@H](C)CC(N)(Cc1ccc(OC(C)=O)c(OC(C)=O)c1)C(=O)OC. The molecule has 0 heterocycles. The Balaban J connectivity index is 3.05. The highest BCUT2D eigenvalue weighted by molar-refractivity contribution is 5.81. The van der Waals surface area contributed by atoms with Gasteiger partial charge in [-0.05, 0) is 38.0 Å². The highest BCUT2D eigenvalue weighted by Crippen LogP contribution is 2.31. The fourth-order valence-corrected chi connectivity index (χ4v) is 3.31. The first kappa shape index (κ1) is 27.9. The lowest BCUT2D eigenvalue weighted by molar-refractivity contribution is -0.148. The number of carbonyl (C=O) groups is 4. The average Bonchev–Trinajstić information content (AvgIpc) is 2.68. The smallest absolute Gasteiger partial charge is 0.468 e. The van der Waals surface area contributed by atoms with Crippen molar-refractivity contribution in [2.75, 3.05) is 7.11 Å². The lowest BCUT2D eigenvalue weighted by Gasteiger charge is -2.29. The first-order chi connectivity index (χ1) is 15.4. The van der Waals surface area contributed by atoms with Crippen LogP contribution in [0.2, 0.25) is 0 Å². The fraction of sp³-hybridized carbons (Fsp3) is 0.565. The van der Waals surface area contributed by atoms with Crippen LogP contribution in [0.1, 0.15) is 59.4 Å². The second kappa shape index (κ2) is 12.8. The molecule has 0 saturated carbocycles. The average molecular weight is 468 g/mol. The monoisotopic (exact) mass is 467 g/mol. The van der Waals surface area contributed by atoms with E-state index in [0.29, 0.717) is 12.0 Å². The molecule has 0 aromatic heterocycles. The summed E-state index contributed by atoms with van der Waals surface area (Å²) < 4.78 is 25.5. The number of hydrogen-bond acceptors (Lipinski definition) is 10. The van der Waals surface area contributed by atoms with Gasteiger partial charge in [0.25, 0.3) is 0 Å². The van der Waals surface area contributed by atoms with Gasteiger partial charge in [0.2, 0.25) is 0 Å². The first-order valence-electron chi connectivity index (χ1n) is 10.6. The third kappa shape index (κ3) is 9.48. The Kier molecular flexibility index (Phi) is 10.8. The fourth-order valence-electron chi connectivity index (χ4n) is 3.31. The van der Waals surface area contributed by atoms with Crippen molar-refractivity contribution in [2.24, 2.45) is 5.73 Å². The number of ether oxygens (including phenoxy) is 5. The zero-order valence-corrected chi connectivity index (χ0v) is 20.0. The van der Waals surface area contributed by atoms with Crippen LogP contribution in [0.5, 0.6) is 11.5 Å². The van der Waals surface area contributed by atoms with Crippen molar-refractivity contribution in [3.63, 3.8) is 0 Å². The molecule has 0 saturated heterocycles. The van der Waals surface area contributed by atoms with Crippen LogP contribution in [0.25, 0.3) is 0 Å². The minimum atomic E-state index is -1.57. The Labute approximate surface area is 193 Å². The van der Waals surface area contributed by atoms with Gasteiger partial charge in [0, 0.05) is 26.7 Å². The maximum absolute atomic E-state index is 12.5. The molecule has 33 heavy (non-hydrogen) atoms. The van der Waals surface area contributed by atoms with Crippen LogP contribution in [0.3, 0.4) is 0 Å². The molecule has 1 aromatic rings. The number of benzene rings is 1. The summed E-state index contributed by atoms with van der Waals surface area (Å²) in [5.41, 5.74) is 5.31. The van der Waals surface area contributed by atoms with Gasteiger partial charge in [0.1, 0.15) is 17.7 Å². The highest BCUT2D eigenvalue weighted by Gasteiger charge is 2.38. The van der Waals surface area contributed by atoms with Gasteiger partial charge >= 0.3 is 24.1 Å². The number of nitrogens with two attached hydrogens (primary N) is 1. The van der Waals surface area contributed by atoms with Crippen LogP contribution in [0.4, 0.5) is 4.79 Å². The van der Waals surface area contributed by atoms with E-state index in [0.717, 1.165) is 6.42 Å². The molecule has 0 fully saturated rings. The van der Waals surface area contributed by atoms with Crippen LogP contribution in [-0.4, -0.2) is 48.9 Å². The van der Waals surface area contributed by atoms with Gasteiger partial charge in [-0.3, -0.25) is 14.4 Å². The molecule has 1 aromatic carbocycles. The van der Waals surface area contributed by atoms with Crippen LogP contribution in [-0.2, 0) is 35.0 Å². The quantitative estimate of drug-likeness (QED) is 0.381. The Morgan fingerprint density at radius 2 is 1.55 bits per heavy atom. The molecule has 0 aliphatic heterocycles. The predicted molar refractivity (Wildman–Crippen MR) is 118 cm³/mol. The van der Waals surface area contributed by atoms with E-state index in [1.54, 1.807) is 19.9 Å². The van der Waals surface area contributed by atoms with E-state index in [9.17, 15) is 19.2 Å². The van der Waals surface area contributed by atoms with E-state index < -0.39 is 35.7 Å². The molecule has 0 radical (unpaired) electrons. The molecule has 1 unspecified atom stereocenters. The molecule has 0 bridgehead atoms. The van der Waals surface area contributed by atoms with Crippen molar-refractivity contribution >= 4 is 24.1 Å². The molecule has 184 valence electrons. The van der Waals surface area contributed by atoms with Crippen molar-refractivity contribution in [3.8, 4) is 11.5 Å². The molecule has 0 spiro atoms. The molecule has 10 nitrogen and oxygen atoms in total. The maximum atomic E-state index is 12.5. The van der Waals surface area contributed by atoms with Crippen molar-refractivity contribution in [1.82, 2.24) is 0 Å². The molecular formula is C23H33NO9. The minimum Gasteiger partial charge on any atom is -0.468 e. The number of carbonyl (C=O) groups excluding carboxylic acids is 4. The number of hydrogen-bond donors (Lipinski definition) is 1. The lowest BCUT2D eigenvalue weighted by atomic mass is 9.86. The Morgan fingerprint density at radius 3 is 2.09 bits per heavy atom. The summed E-state index contributed by atoms with van der Waals surface area (Å²) in [6, 6.07) is 4.44. The molecule has 0 aliphatic rings. The van der Waals surface area contributed by atoms with E-state index in [1.165, 1.54) is 33.1 Å². The molecule has 1 rings (SSSR count). The van der Waals surface area contributed by atoms with Crippen molar-refractivity contribution in [2.45, 2.75) is 78.0 Å². The third-order valence-electron chi connectivity index (χ3n) is 4.57. The number of esters is 3. The zero-order chi connectivity index (χ0) is 25.2. The zero-order valence-electron chi connectivity index (χ0n) is 20.0. The van der Waals surface area contributed by atoms with Gasteiger partial charge < -0.3 is 29.4 Å². The minimum absolute atomic E-state index is 0.000189. The largest absolute Gasteiger partial charge is 0.508 e. The topological polar surface area (TPSA) is 140 Å². The number of rotatable bonds is 11. The molecular weight excluding hydrogens is 434 g/mol. The van der Waals surface area contributed by atoms with E-state index in [-0.39, 0.29) is 30.4 Å². The van der Waals surface area contributed by atoms with Crippen LogP contribution in [0.15, 0.2) is 18.2 Å². The van der Waals surface area contributed by atoms with Gasteiger partial charge in [-0.2, -0.15) is 0 Å². The number of methoxy groups -OCH3 is 1. The van der Waals surface area contributed by atoms with Gasteiger partial charge in [0.05, 0.1) is 7.11 Å². The van der Waals surface area contributed by atoms with Crippen molar-refractivity contribution < 1.29 is 42.9 Å². The second-order valence-electron chi connectivity index (χ2n) is 7.89. The van der Waals surface area contributed by atoms with Gasteiger partial charge in [-0.25, -0.2) is 4.79 Å². The molecule has 3 atom stereocenters. The van der Waals surface area contributed by atoms with Gasteiger partial charge in [0.15, 0.2) is 11.5 Å². The molecule has 10 heteroatoms. The van der Waals surface area contributed by atoms with Crippen LogP contribution >= 0.6 is 0 Å². The van der Waals surface area contributed by atoms with E-state index in [4.69, 9.17) is 29.4 Å². The normalized spacial score (nSPS) is 14.3. The predicted octanol–water partition coefficient (Wildman–Crippen LogP) is 3.07. The summed E-state index contributed by atoms with van der Waals surface area (Å²) in [5, 5.41) is 0. The molecule has 0 amide bonds. The Bertz CT molecular complexity index is 854. The summed E-state index contributed by atoms with van der Waals surface area (Å²) in [7, 11) is 1.20. The summed E-state index contributed by atoms with van der Waals surface area (Å²) in [6.45, 7) is 7.73. The van der Waals surface area contributed by atoms with E-state index >= 15 is 0 Å². The van der Waals surface area contributed by atoms with Crippen LogP contribution < -0.4 is 15.2 Å². The maximum Gasteiger partial charge on any atom is 0.508 e.